The van der Waals surface area contributed by atoms with Gasteiger partial charge >= 0.3 is 0 Å². The molecule has 0 saturated heterocycles. The monoisotopic (exact) mass is 239 g/mol. The molecule has 2 nitrogen and oxygen atoms in total. The Labute approximate surface area is 108 Å². The van der Waals surface area contributed by atoms with Crippen LogP contribution in [0.3, 0.4) is 0 Å². The molecule has 18 heavy (non-hydrogen) atoms. The molecule has 0 spiro atoms. The first kappa shape index (κ1) is 12.4. The minimum Gasteiger partial charge on any atom is -0.497 e. The van der Waals surface area contributed by atoms with Gasteiger partial charge in [0.05, 0.1) is 12.8 Å². The van der Waals surface area contributed by atoms with Gasteiger partial charge in [-0.05, 0) is 24.1 Å². The summed E-state index contributed by atoms with van der Waals surface area (Å²) >= 11 is 0. The molecule has 0 radical (unpaired) electrons. The second-order valence-corrected chi connectivity index (χ2v) is 3.98. The maximum atomic E-state index is 5.21. The SMILES string of the molecule is CCC(=Nc1cccc(OC)c1)c1ccccc1. The van der Waals surface area contributed by atoms with Crippen molar-refractivity contribution in [3.8, 4) is 5.75 Å². The number of benzene rings is 2. The maximum absolute atomic E-state index is 5.21. The highest BCUT2D eigenvalue weighted by Gasteiger charge is 2.01. The number of nitrogens with zero attached hydrogens (tertiary/aromatic N) is 1. The molecular formula is C16H17NO. The Hall–Kier alpha value is -2.09. The molecule has 0 atom stereocenters. The van der Waals surface area contributed by atoms with E-state index >= 15 is 0 Å². The lowest BCUT2D eigenvalue weighted by atomic mass is 10.1. The van der Waals surface area contributed by atoms with E-state index in [1.54, 1.807) is 7.11 Å². The molecule has 0 aliphatic heterocycles. The van der Waals surface area contributed by atoms with Crippen molar-refractivity contribution in [2.75, 3.05) is 7.11 Å². The van der Waals surface area contributed by atoms with Gasteiger partial charge in [-0.3, -0.25) is 4.99 Å². The first-order chi connectivity index (χ1) is 8.83. The minimum absolute atomic E-state index is 0.833. The van der Waals surface area contributed by atoms with Gasteiger partial charge in [-0.15, -0.1) is 0 Å². The number of rotatable bonds is 4. The van der Waals surface area contributed by atoms with Gasteiger partial charge in [0.2, 0.25) is 0 Å². The van der Waals surface area contributed by atoms with Crippen LogP contribution in [-0.4, -0.2) is 12.8 Å². The summed E-state index contributed by atoms with van der Waals surface area (Å²) in [4.78, 5) is 4.69. The third kappa shape index (κ3) is 2.98. The molecule has 0 heterocycles. The molecular weight excluding hydrogens is 222 g/mol. The highest BCUT2D eigenvalue weighted by Crippen LogP contribution is 2.21. The Morgan fingerprint density at radius 3 is 2.50 bits per heavy atom. The van der Waals surface area contributed by atoms with Crippen LogP contribution in [0, 0.1) is 0 Å². The Morgan fingerprint density at radius 1 is 1.06 bits per heavy atom. The van der Waals surface area contributed by atoms with E-state index in [1.165, 1.54) is 5.56 Å². The zero-order valence-corrected chi connectivity index (χ0v) is 10.8. The summed E-state index contributed by atoms with van der Waals surface area (Å²) in [6.07, 6.45) is 0.904. The molecule has 2 aromatic carbocycles. The zero-order valence-electron chi connectivity index (χ0n) is 10.8. The zero-order chi connectivity index (χ0) is 12.8. The normalized spacial score (nSPS) is 11.3. The fraction of sp³-hybridized carbons (Fsp3) is 0.188. The predicted octanol–water partition coefficient (Wildman–Crippen LogP) is 4.23. The molecule has 0 N–H and O–H groups in total. The molecule has 0 saturated carbocycles. The smallest absolute Gasteiger partial charge is 0.121 e. The number of hydrogen-bond acceptors (Lipinski definition) is 2. The largest absolute Gasteiger partial charge is 0.497 e. The maximum Gasteiger partial charge on any atom is 0.121 e. The Morgan fingerprint density at radius 2 is 1.83 bits per heavy atom. The summed E-state index contributed by atoms with van der Waals surface area (Å²) < 4.78 is 5.21. The lowest BCUT2D eigenvalue weighted by Gasteiger charge is -2.05. The average molecular weight is 239 g/mol. The highest BCUT2D eigenvalue weighted by atomic mass is 16.5. The molecule has 0 fully saturated rings. The van der Waals surface area contributed by atoms with Crippen molar-refractivity contribution in [1.29, 1.82) is 0 Å². The average Bonchev–Trinajstić information content (AvgIpc) is 2.46. The van der Waals surface area contributed by atoms with E-state index < -0.39 is 0 Å². The summed E-state index contributed by atoms with van der Waals surface area (Å²) in [5.74, 6) is 0.833. The molecule has 2 heteroatoms. The predicted molar refractivity (Wildman–Crippen MR) is 75.9 cm³/mol. The van der Waals surface area contributed by atoms with E-state index in [0.717, 1.165) is 23.6 Å². The van der Waals surface area contributed by atoms with E-state index in [9.17, 15) is 0 Å². The van der Waals surface area contributed by atoms with Crippen LogP contribution in [0.2, 0.25) is 0 Å². The number of ether oxygens (including phenoxy) is 1. The summed E-state index contributed by atoms with van der Waals surface area (Å²) in [5, 5.41) is 0. The van der Waals surface area contributed by atoms with Crippen LogP contribution in [0.25, 0.3) is 0 Å². The van der Waals surface area contributed by atoms with Gasteiger partial charge in [0.25, 0.3) is 0 Å². The first-order valence-electron chi connectivity index (χ1n) is 6.10. The Bertz CT molecular complexity index is 532. The third-order valence-electron chi connectivity index (χ3n) is 2.76. The van der Waals surface area contributed by atoms with Crippen molar-refractivity contribution in [2.45, 2.75) is 13.3 Å². The van der Waals surface area contributed by atoms with Crippen LogP contribution in [0.15, 0.2) is 59.6 Å². The van der Waals surface area contributed by atoms with Crippen LogP contribution >= 0.6 is 0 Å². The van der Waals surface area contributed by atoms with Gasteiger partial charge in [-0.1, -0.05) is 43.3 Å². The van der Waals surface area contributed by atoms with Crippen LogP contribution in [-0.2, 0) is 0 Å². The van der Waals surface area contributed by atoms with E-state index in [4.69, 9.17) is 9.73 Å². The lowest BCUT2D eigenvalue weighted by molar-refractivity contribution is 0.415. The van der Waals surface area contributed by atoms with Crippen molar-refractivity contribution in [2.24, 2.45) is 4.99 Å². The molecule has 2 aromatic rings. The van der Waals surface area contributed by atoms with Crippen LogP contribution in [0.4, 0.5) is 5.69 Å². The molecule has 92 valence electrons. The third-order valence-corrected chi connectivity index (χ3v) is 2.76. The van der Waals surface area contributed by atoms with E-state index in [1.807, 2.05) is 42.5 Å². The lowest BCUT2D eigenvalue weighted by Crippen LogP contribution is -1.97. The molecule has 0 aliphatic rings. The number of aliphatic imine (C=N–C) groups is 1. The highest BCUT2D eigenvalue weighted by molar-refractivity contribution is 6.01. The summed E-state index contributed by atoms with van der Waals surface area (Å²) in [7, 11) is 1.67. The van der Waals surface area contributed by atoms with Crippen molar-refractivity contribution >= 4 is 11.4 Å². The van der Waals surface area contributed by atoms with Gasteiger partial charge < -0.3 is 4.74 Å². The van der Waals surface area contributed by atoms with Crippen molar-refractivity contribution in [3.63, 3.8) is 0 Å². The topological polar surface area (TPSA) is 21.6 Å². The van der Waals surface area contributed by atoms with Crippen molar-refractivity contribution < 1.29 is 4.74 Å². The van der Waals surface area contributed by atoms with Gasteiger partial charge in [0, 0.05) is 11.8 Å². The summed E-state index contributed by atoms with van der Waals surface area (Å²) in [5.41, 5.74) is 3.18. The van der Waals surface area contributed by atoms with E-state index in [2.05, 4.69) is 19.1 Å². The molecule has 2 rings (SSSR count). The van der Waals surface area contributed by atoms with Crippen molar-refractivity contribution in [3.05, 3.63) is 60.2 Å². The second kappa shape index (κ2) is 6.01. The number of methoxy groups -OCH3 is 1. The van der Waals surface area contributed by atoms with Crippen LogP contribution in [0.1, 0.15) is 18.9 Å². The summed E-state index contributed by atoms with van der Waals surface area (Å²) in [6, 6.07) is 18.1. The van der Waals surface area contributed by atoms with E-state index in [0.29, 0.717) is 0 Å². The molecule has 0 aliphatic carbocycles. The Balaban J connectivity index is 2.34. The first-order valence-corrected chi connectivity index (χ1v) is 6.10. The molecule has 0 unspecified atom stereocenters. The standard InChI is InChI=1S/C16H17NO/c1-3-16(13-8-5-4-6-9-13)17-14-10-7-11-15(12-14)18-2/h4-12H,3H2,1-2H3. The quantitative estimate of drug-likeness (QED) is 0.732. The fourth-order valence-electron chi connectivity index (χ4n) is 1.81. The second-order valence-electron chi connectivity index (χ2n) is 3.98. The molecule has 0 bridgehead atoms. The summed E-state index contributed by atoms with van der Waals surface area (Å²) in [6.45, 7) is 2.12. The van der Waals surface area contributed by atoms with Gasteiger partial charge in [0.15, 0.2) is 0 Å². The van der Waals surface area contributed by atoms with Crippen LogP contribution < -0.4 is 4.74 Å². The molecule has 0 aromatic heterocycles. The minimum atomic E-state index is 0.833. The Kier molecular flexibility index (Phi) is 4.13. The van der Waals surface area contributed by atoms with Crippen LogP contribution in [0.5, 0.6) is 5.75 Å². The van der Waals surface area contributed by atoms with Gasteiger partial charge in [-0.2, -0.15) is 0 Å². The van der Waals surface area contributed by atoms with E-state index in [-0.39, 0.29) is 0 Å². The fourth-order valence-corrected chi connectivity index (χ4v) is 1.81. The van der Waals surface area contributed by atoms with Gasteiger partial charge in [0.1, 0.15) is 5.75 Å². The molecule has 0 amide bonds. The number of hydrogen-bond donors (Lipinski definition) is 0. The van der Waals surface area contributed by atoms with Gasteiger partial charge in [-0.25, -0.2) is 0 Å². The van der Waals surface area contributed by atoms with Crippen molar-refractivity contribution in [1.82, 2.24) is 0 Å².